The summed E-state index contributed by atoms with van der Waals surface area (Å²) in [5.74, 6) is 1.30. The van der Waals surface area contributed by atoms with Crippen LogP contribution in [0, 0.1) is 0 Å². The Labute approximate surface area is 168 Å². The standard InChI is InChI=1S/C21H24N2O4S/c1-15(16-3-4-18-19(13-16)27-11-10-26-18)20(24)22-6-2-7-23(9-8-22)21(25)17-5-12-28-14-17/h3-5,12-15H,2,6-11H2,1H3. The molecule has 28 heavy (non-hydrogen) atoms. The average molecular weight is 401 g/mol. The largest absolute Gasteiger partial charge is 0.486 e. The first-order chi connectivity index (χ1) is 13.6. The van der Waals surface area contributed by atoms with Gasteiger partial charge in [-0.3, -0.25) is 9.59 Å². The van der Waals surface area contributed by atoms with Crippen LogP contribution in [0.4, 0.5) is 0 Å². The zero-order valence-electron chi connectivity index (χ0n) is 15.9. The van der Waals surface area contributed by atoms with Gasteiger partial charge in [-0.2, -0.15) is 11.3 Å². The van der Waals surface area contributed by atoms with Gasteiger partial charge in [0.15, 0.2) is 11.5 Å². The summed E-state index contributed by atoms with van der Waals surface area (Å²) in [7, 11) is 0. The lowest BCUT2D eigenvalue weighted by Crippen LogP contribution is -2.38. The van der Waals surface area contributed by atoms with Gasteiger partial charge in [-0.05, 0) is 42.5 Å². The molecule has 2 aliphatic heterocycles. The summed E-state index contributed by atoms with van der Waals surface area (Å²) in [4.78, 5) is 29.4. The van der Waals surface area contributed by atoms with Crippen LogP contribution in [0.25, 0.3) is 0 Å². The monoisotopic (exact) mass is 400 g/mol. The van der Waals surface area contributed by atoms with E-state index in [4.69, 9.17) is 9.47 Å². The van der Waals surface area contributed by atoms with Crippen LogP contribution in [0.5, 0.6) is 11.5 Å². The number of hydrogen-bond donors (Lipinski definition) is 0. The van der Waals surface area contributed by atoms with Crippen molar-refractivity contribution in [2.24, 2.45) is 0 Å². The number of thiophene rings is 1. The van der Waals surface area contributed by atoms with E-state index < -0.39 is 0 Å². The molecule has 1 unspecified atom stereocenters. The number of rotatable bonds is 3. The topological polar surface area (TPSA) is 59.1 Å². The van der Waals surface area contributed by atoms with Crippen LogP contribution in [0.15, 0.2) is 35.0 Å². The van der Waals surface area contributed by atoms with E-state index >= 15 is 0 Å². The predicted octanol–water partition coefficient (Wildman–Crippen LogP) is 3.00. The highest BCUT2D eigenvalue weighted by molar-refractivity contribution is 7.08. The van der Waals surface area contributed by atoms with E-state index in [1.54, 1.807) is 0 Å². The first-order valence-corrected chi connectivity index (χ1v) is 10.6. The highest BCUT2D eigenvalue weighted by Crippen LogP contribution is 2.33. The SMILES string of the molecule is CC(C(=O)N1CCCN(C(=O)c2ccsc2)CC1)c1ccc2c(c1)OCCO2. The Kier molecular flexibility index (Phi) is 5.52. The molecule has 6 nitrogen and oxygen atoms in total. The van der Waals surface area contributed by atoms with Crippen molar-refractivity contribution in [2.75, 3.05) is 39.4 Å². The Morgan fingerprint density at radius 1 is 1.00 bits per heavy atom. The van der Waals surface area contributed by atoms with Gasteiger partial charge >= 0.3 is 0 Å². The molecule has 1 fully saturated rings. The van der Waals surface area contributed by atoms with Gasteiger partial charge in [0.2, 0.25) is 5.91 Å². The zero-order valence-corrected chi connectivity index (χ0v) is 16.7. The molecule has 0 spiro atoms. The summed E-state index contributed by atoms with van der Waals surface area (Å²) in [5, 5.41) is 3.79. The molecule has 7 heteroatoms. The van der Waals surface area contributed by atoms with Crippen LogP contribution in [-0.2, 0) is 4.79 Å². The first-order valence-electron chi connectivity index (χ1n) is 9.63. The molecule has 148 valence electrons. The lowest BCUT2D eigenvalue weighted by Gasteiger charge is -2.26. The highest BCUT2D eigenvalue weighted by atomic mass is 32.1. The second kappa shape index (κ2) is 8.22. The summed E-state index contributed by atoms with van der Waals surface area (Å²) in [6.07, 6.45) is 0.787. The lowest BCUT2D eigenvalue weighted by atomic mass is 9.99. The fourth-order valence-electron chi connectivity index (χ4n) is 3.66. The van der Waals surface area contributed by atoms with Gasteiger partial charge in [-0.1, -0.05) is 6.07 Å². The van der Waals surface area contributed by atoms with E-state index in [1.807, 2.05) is 51.7 Å². The number of amides is 2. The summed E-state index contributed by atoms with van der Waals surface area (Å²) >= 11 is 1.52. The van der Waals surface area contributed by atoms with Gasteiger partial charge in [0.1, 0.15) is 13.2 Å². The molecular formula is C21H24N2O4S. The number of carbonyl (C=O) groups is 2. The Hall–Kier alpha value is -2.54. The van der Waals surface area contributed by atoms with Gasteiger partial charge in [0, 0.05) is 31.6 Å². The van der Waals surface area contributed by atoms with E-state index in [-0.39, 0.29) is 17.7 Å². The molecular weight excluding hydrogens is 376 g/mol. The molecule has 1 aromatic carbocycles. The van der Waals surface area contributed by atoms with Gasteiger partial charge in [0.05, 0.1) is 11.5 Å². The highest BCUT2D eigenvalue weighted by Gasteiger charge is 2.27. The molecule has 0 saturated carbocycles. The molecule has 2 amide bonds. The Balaban J connectivity index is 1.41. The van der Waals surface area contributed by atoms with Crippen molar-refractivity contribution >= 4 is 23.2 Å². The van der Waals surface area contributed by atoms with Crippen molar-refractivity contribution in [2.45, 2.75) is 19.3 Å². The summed E-state index contributed by atoms with van der Waals surface area (Å²) in [6, 6.07) is 7.56. The molecule has 0 N–H and O–H groups in total. The fourth-order valence-corrected chi connectivity index (χ4v) is 4.29. The second-order valence-corrected chi connectivity index (χ2v) is 7.89. The van der Waals surface area contributed by atoms with E-state index in [2.05, 4.69) is 0 Å². The summed E-state index contributed by atoms with van der Waals surface area (Å²) < 4.78 is 11.2. The van der Waals surface area contributed by atoms with Gasteiger partial charge in [0.25, 0.3) is 5.91 Å². The van der Waals surface area contributed by atoms with Crippen molar-refractivity contribution in [1.82, 2.24) is 9.80 Å². The third-order valence-corrected chi connectivity index (χ3v) is 5.98. The van der Waals surface area contributed by atoms with Crippen molar-refractivity contribution < 1.29 is 19.1 Å². The number of carbonyl (C=O) groups excluding carboxylic acids is 2. The molecule has 1 aromatic heterocycles. The Morgan fingerprint density at radius 2 is 1.75 bits per heavy atom. The summed E-state index contributed by atoms with van der Waals surface area (Å²) in [5.41, 5.74) is 1.65. The second-order valence-electron chi connectivity index (χ2n) is 7.11. The third-order valence-electron chi connectivity index (χ3n) is 5.30. The lowest BCUT2D eigenvalue weighted by molar-refractivity contribution is -0.132. The van der Waals surface area contributed by atoms with Gasteiger partial charge in [-0.25, -0.2) is 0 Å². The minimum absolute atomic E-state index is 0.0513. The predicted molar refractivity (Wildman–Crippen MR) is 107 cm³/mol. The van der Waals surface area contributed by atoms with Crippen molar-refractivity contribution in [1.29, 1.82) is 0 Å². The molecule has 4 rings (SSSR count). The number of nitrogens with zero attached hydrogens (tertiary/aromatic N) is 2. The maximum absolute atomic E-state index is 13.1. The molecule has 1 atom stereocenters. The van der Waals surface area contributed by atoms with Crippen LogP contribution in [0.1, 0.15) is 35.2 Å². The quantitative estimate of drug-likeness (QED) is 0.795. The zero-order chi connectivity index (χ0) is 19.5. The van der Waals surface area contributed by atoms with E-state index in [1.165, 1.54) is 11.3 Å². The smallest absolute Gasteiger partial charge is 0.254 e. The maximum Gasteiger partial charge on any atom is 0.254 e. The van der Waals surface area contributed by atoms with Gasteiger partial charge in [-0.15, -0.1) is 0 Å². The molecule has 3 heterocycles. The minimum Gasteiger partial charge on any atom is -0.486 e. The van der Waals surface area contributed by atoms with E-state index in [0.717, 1.165) is 23.3 Å². The normalized spacial score (nSPS) is 17.8. The van der Waals surface area contributed by atoms with Crippen molar-refractivity contribution in [3.8, 4) is 11.5 Å². The number of ether oxygens (including phenoxy) is 2. The third kappa shape index (κ3) is 3.85. The maximum atomic E-state index is 13.1. The fraction of sp³-hybridized carbons (Fsp3) is 0.429. The first kappa shape index (κ1) is 18.8. The van der Waals surface area contributed by atoms with Crippen LogP contribution in [0.2, 0.25) is 0 Å². The van der Waals surface area contributed by atoms with Crippen molar-refractivity contribution in [3.05, 3.63) is 46.2 Å². The summed E-state index contributed by atoms with van der Waals surface area (Å²) in [6.45, 7) is 5.47. The molecule has 0 aliphatic carbocycles. The van der Waals surface area contributed by atoms with E-state index in [0.29, 0.717) is 45.1 Å². The minimum atomic E-state index is -0.269. The van der Waals surface area contributed by atoms with Crippen molar-refractivity contribution in [3.63, 3.8) is 0 Å². The molecule has 0 bridgehead atoms. The molecule has 0 radical (unpaired) electrons. The number of fused-ring (bicyclic) bond motifs is 1. The molecule has 2 aromatic rings. The Morgan fingerprint density at radius 3 is 2.54 bits per heavy atom. The van der Waals surface area contributed by atoms with Crippen LogP contribution in [0.3, 0.4) is 0 Å². The number of hydrogen-bond acceptors (Lipinski definition) is 5. The van der Waals surface area contributed by atoms with Crippen LogP contribution < -0.4 is 9.47 Å². The van der Waals surface area contributed by atoms with Crippen LogP contribution in [-0.4, -0.2) is 61.0 Å². The molecule has 2 aliphatic rings. The molecule has 1 saturated heterocycles. The van der Waals surface area contributed by atoms with Gasteiger partial charge < -0.3 is 19.3 Å². The Bertz CT molecular complexity index is 852. The number of benzene rings is 1. The van der Waals surface area contributed by atoms with E-state index in [9.17, 15) is 9.59 Å². The average Bonchev–Trinajstić information content (AvgIpc) is 3.16. The van der Waals surface area contributed by atoms with Crippen LogP contribution >= 0.6 is 11.3 Å².